The molecule has 0 aliphatic heterocycles. The van der Waals surface area contributed by atoms with Crippen molar-refractivity contribution in [3.63, 3.8) is 0 Å². The number of hydrogen-bond acceptors (Lipinski definition) is 3. The van der Waals surface area contributed by atoms with Crippen LogP contribution in [0.4, 0.5) is 0 Å². The Kier molecular flexibility index (Phi) is 5.41. The summed E-state index contributed by atoms with van der Waals surface area (Å²) in [6.45, 7) is 7.31. The first kappa shape index (κ1) is 18.5. The van der Waals surface area contributed by atoms with Gasteiger partial charge in [0.1, 0.15) is 11.5 Å². The van der Waals surface area contributed by atoms with Crippen LogP contribution in [-0.4, -0.2) is 13.1 Å². The first-order valence-corrected chi connectivity index (χ1v) is 8.71. The van der Waals surface area contributed by atoms with Gasteiger partial charge in [-0.2, -0.15) is 0 Å². The van der Waals surface area contributed by atoms with Crippen LogP contribution in [0.25, 0.3) is 22.3 Å². The van der Waals surface area contributed by atoms with Gasteiger partial charge in [0.15, 0.2) is 0 Å². The van der Waals surface area contributed by atoms with E-state index < -0.39 is 5.97 Å². The Hall–Kier alpha value is -3.33. The van der Waals surface area contributed by atoms with Crippen LogP contribution in [0.15, 0.2) is 78.9 Å². The Morgan fingerprint density at radius 3 is 1.93 bits per heavy atom. The fraction of sp³-hybridized carbons (Fsp3) is 0.125. The maximum absolute atomic E-state index is 11.6. The summed E-state index contributed by atoms with van der Waals surface area (Å²) in [5.74, 6) is 0.946. The number of rotatable bonds is 5. The summed E-state index contributed by atoms with van der Waals surface area (Å²) < 4.78 is 10.5. The number of hydrogen-bond donors (Lipinski definition) is 0. The SMILES string of the molecule is C=C(C)C(=O)Oc1ccc(-c2ccc(-c3ccc(OC)cc3)cc2C)cc1. The Bertz CT molecular complexity index is 968. The fourth-order valence-electron chi connectivity index (χ4n) is 2.85. The summed E-state index contributed by atoms with van der Waals surface area (Å²) in [4.78, 5) is 11.6. The maximum Gasteiger partial charge on any atom is 0.338 e. The maximum atomic E-state index is 11.6. The highest BCUT2D eigenvalue weighted by molar-refractivity contribution is 5.88. The molecular weight excluding hydrogens is 336 g/mol. The summed E-state index contributed by atoms with van der Waals surface area (Å²) >= 11 is 0. The van der Waals surface area contributed by atoms with Crippen LogP contribution < -0.4 is 9.47 Å². The number of ether oxygens (including phenoxy) is 2. The zero-order valence-electron chi connectivity index (χ0n) is 15.8. The minimum Gasteiger partial charge on any atom is -0.497 e. The summed E-state index contributed by atoms with van der Waals surface area (Å²) in [7, 11) is 1.67. The molecule has 0 spiro atoms. The van der Waals surface area contributed by atoms with Crippen molar-refractivity contribution in [2.75, 3.05) is 7.11 Å². The van der Waals surface area contributed by atoms with E-state index in [-0.39, 0.29) is 0 Å². The van der Waals surface area contributed by atoms with E-state index >= 15 is 0 Å². The minimum atomic E-state index is -0.414. The minimum absolute atomic E-state index is 0.379. The van der Waals surface area contributed by atoms with E-state index in [0.29, 0.717) is 11.3 Å². The van der Waals surface area contributed by atoms with Crippen molar-refractivity contribution >= 4 is 5.97 Å². The molecule has 0 saturated carbocycles. The molecule has 0 bridgehead atoms. The number of carbonyl (C=O) groups excluding carboxylic acids is 1. The zero-order chi connectivity index (χ0) is 19.4. The average Bonchev–Trinajstić information content (AvgIpc) is 2.68. The third-order valence-corrected chi connectivity index (χ3v) is 4.37. The lowest BCUT2D eigenvalue weighted by atomic mass is 9.96. The summed E-state index contributed by atoms with van der Waals surface area (Å²) in [5.41, 5.74) is 6.08. The molecule has 0 aliphatic carbocycles. The molecule has 27 heavy (non-hydrogen) atoms. The summed E-state index contributed by atoms with van der Waals surface area (Å²) in [5, 5.41) is 0. The van der Waals surface area contributed by atoms with Crippen LogP contribution in [0.3, 0.4) is 0 Å². The quantitative estimate of drug-likeness (QED) is 0.327. The second kappa shape index (κ2) is 7.92. The van der Waals surface area contributed by atoms with Crippen molar-refractivity contribution in [3.05, 3.63) is 84.4 Å². The van der Waals surface area contributed by atoms with Crippen LogP contribution in [-0.2, 0) is 4.79 Å². The lowest BCUT2D eigenvalue weighted by Crippen LogP contribution is -2.07. The van der Waals surface area contributed by atoms with Gasteiger partial charge in [-0.05, 0) is 65.9 Å². The third-order valence-electron chi connectivity index (χ3n) is 4.37. The molecule has 136 valence electrons. The second-order valence-corrected chi connectivity index (χ2v) is 6.45. The topological polar surface area (TPSA) is 35.5 Å². The number of esters is 1. The largest absolute Gasteiger partial charge is 0.497 e. The van der Waals surface area contributed by atoms with E-state index in [1.165, 1.54) is 5.56 Å². The van der Waals surface area contributed by atoms with Gasteiger partial charge in [-0.3, -0.25) is 0 Å². The molecule has 0 N–H and O–H groups in total. The highest BCUT2D eigenvalue weighted by Gasteiger charge is 2.08. The molecule has 0 aliphatic rings. The summed E-state index contributed by atoms with van der Waals surface area (Å²) in [6.07, 6.45) is 0. The van der Waals surface area contributed by atoms with Gasteiger partial charge in [-0.25, -0.2) is 4.79 Å². The van der Waals surface area contributed by atoms with Gasteiger partial charge in [0.25, 0.3) is 0 Å². The fourth-order valence-corrected chi connectivity index (χ4v) is 2.85. The van der Waals surface area contributed by atoms with E-state index in [1.54, 1.807) is 26.2 Å². The number of aryl methyl sites for hydroxylation is 1. The van der Waals surface area contributed by atoms with Crippen LogP contribution in [0.1, 0.15) is 12.5 Å². The molecule has 3 aromatic rings. The first-order valence-electron chi connectivity index (χ1n) is 8.71. The third kappa shape index (κ3) is 4.26. The molecule has 0 aromatic heterocycles. The van der Waals surface area contributed by atoms with E-state index in [1.807, 2.05) is 24.3 Å². The van der Waals surface area contributed by atoms with Gasteiger partial charge in [0.2, 0.25) is 0 Å². The number of methoxy groups -OCH3 is 1. The van der Waals surface area contributed by atoms with Gasteiger partial charge >= 0.3 is 5.97 Å². The van der Waals surface area contributed by atoms with Crippen molar-refractivity contribution < 1.29 is 14.3 Å². The van der Waals surface area contributed by atoms with Gasteiger partial charge in [-0.15, -0.1) is 0 Å². The monoisotopic (exact) mass is 358 g/mol. The van der Waals surface area contributed by atoms with E-state index in [0.717, 1.165) is 28.0 Å². The van der Waals surface area contributed by atoms with Gasteiger partial charge in [-0.1, -0.05) is 49.0 Å². The van der Waals surface area contributed by atoms with Gasteiger partial charge in [0, 0.05) is 5.57 Å². The molecule has 3 aromatic carbocycles. The molecular formula is C24H22O3. The van der Waals surface area contributed by atoms with Crippen molar-refractivity contribution in [1.82, 2.24) is 0 Å². The molecule has 3 heteroatoms. The molecule has 0 saturated heterocycles. The van der Waals surface area contributed by atoms with E-state index in [2.05, 4.69) is 43.8 Å². The van der Waals surface area contributed by atoms with Crippen LogP contribution >= 0.6 is 0 Å². The van der Waals surface area contributed by atoms with Gasteiger partial charge < -0.3 is 9.47 Å². The van der Waals surface area contributed by atoms with Gasteiger partial charge in [0.05, 0.1) is 7.11 Å². The Labute approximate surface area is 159 Å². The summed E-state index contributed by atoms with van der Waals surface area (Å²) in [6, 6.07) is 21.9. The Morgan fingerprint density at radius 1 is 0.815 bits per heavy atom. The first-order chi connectivity index (χ1) is 13.0. The average molecular weight is 358 g/mol. The second-order valence-electron chi connectivity index (χ2n) is 6.45. The molecule has 0 amide bonds. The molecule has 0 fully saturated rings. The molecule has 3 rings (SSSR count). The highest BCUT2D eigenvalue weighted by Crippen LogP contribution is 2.30. The smallest absolute Gasteiger partial charge is 0.338 e. The number of benzene rings is 3. The predicted molar refractivity (Wildman–Crippen MR) is 109 cm³/mol. The highest BCUT2D eigenvalue weighted by atomic mass is 16.5. The van der Waals surface area contributed by atoms with Crippen molar-refractivity contribution in [1.29, 1.82) is 0 Å². The molecule has 0 heterocycles. The van der Waals surface area contributed by atoms with Crippen LogP contribution in [0, 0.1) is 6.92 Å². The van der Waals surface area contributed by atoms with Crippen molar-refractivity contribution in [2.45, 2.75) is 13.8 Å². The van der Waals surface area contributed by atoms with Crippen LogP contribution in [0.2, 0.25) is 0 Å². The van der Waals surface area contributed by atoms with E-state index in [9.17, 15) is 4.79 Å². The zero-order valence-corrected chi connectivity index (χ0v) is 15.8. The normalized spacial score (nSPS) is 10.3. The molecule has 0 unspecified atom stereocenters. The van der Waals surface area contributed by atoms with E-state index in [4.69, 9.17) is 9.47 Å². The van der Waals surface area contributed by atoms with Crippen molar-refractivity contribution in [3.8, 4) is 33.8 Å². The Balaban J connectivity index is 1.83. The Morgan fingerprint density at radius 2 is 1.37 bits per heavy atom. The molecule has 3 nitrogen and oxygen atoms in total. The predicted octanol–water partition coefficient (Wildman–Crippen LogP) is 5.82. The lowest BCUT2D eigenvalue weighted by molar-refractivity contribution is -0.130. The standard InChI is InChI=1S/C24H22O3/c1-16(2)24(25)27-22-12-7-19(8-13-22)23-14-9-20(15-17(23)3)18-5-10-21(26-4)11-6-18/h5-15H,1H2,2-4H3. The lowest BCUT2D eigenvalue weighted by Gasteiger charge is -2.11. The van der Waals surface area contributed by atoms with Crippen molar-refractivity contribution in [2.24, 2.45) is 0 Å². The molecule has 0 radical (unpaired) electrons. The number of carbonyl (C=O) groups is 1. The molecule has 0 atom stereocenters. The van der Waals surface area contributed by atoms with Crippen LogP contribution in [0.5, 0.6) is 11.5 Å².